The molecule has 27 heavy (non-hydrogen) atoms. The van der Waals surface area contributed by atoms with Crippen LogP contribution in [0.15, 0.2) is 30.3 Å². The second kappa shape index (κ2) is 7.36. The Bertz CT molecular complexity index is 764. The van der Waals surface area contributed by atoms with Crippen LogP contribution < -0.4 is 5.73 Å². The maximum atomic E-state index is 6.54. The summed E-state index contributed by atoms with van der Waals surface area (Å²) >= 11 is 0. The lowest BCUT2D eigenvalue weighted by atomic mass is 9.94. The Morgan fingerprint density at radius 3 is 2.67 bits per heavy atom. The Balaban J connectivity index is 1.61. The highest BCUT2D eigenvalue weighted by molar-refractivity contribution is 5.18. The van der Waals surface area contributed by atoms with E-state index in [1.165, 1.54) is 37.7 Å². The third-order valence-electron chi connectivity index (χ3n) is 6.66. The molecular weight excluding hydrogens is 334 g/mol. The summed E-state index contributed by atoms with van der Waals surface area (Å²) in [5.74, 6) is 2.57. The quantitative estimate of drug-likeness (QED) is 0.835. The molecule has 2 fully saturated rings. The lowest BCUT2D eigenvalue weighted by Gasteiger charge is -2.47. The molecule has 2 saturated heterocycles. The Hall–Kier alpha value is -1.72. The van der Waals surface area contributed by atoms with Gasteiger partial charge in [-0.1, -0.05) is 44.2 Å². The molecule has 2 N–H and O–H groups in total. The first kappa shape index (κ1) is 18.6. The first-order chi connectivity index (χ1) is 13.0. The van der Waals surface area contributed by atoms with E-state index in [1.54, 1.807) is 0 Å². The summed E-state index contributed by atoms with van der Waals surface area (Å²) in [5.41, 5.74) is 7.82. The number of nitrogens with two attached hydrogens (primary N) is 1. The first-order valence-corrected chi connectivity index (χ1v) is 10.5. The van der Waals surface area contributed by atoms with Crippen LogP contribution in [0.3, 0.4) is 0 Å². The van der Waals surface area contributed by atoms with Crippen molar-refractivity contribution in [1.82, 2.24) is 19.7 Å². The lowest BCUT2D eigenvalue weighted by Crippen LogP contribution is -2.53. The van der Waals surface area contributed by atoms with Gasteiger partial charge in [0.05, 0.1) is 0 Å². The molecular formula is C22H33N5. The summed E-state index contributed by atoms with van der Waals surface area (Å²) in [5, 5.41) is 9.00. The summed E-state index contributed by atoms with van der Waals surface area (Å²) in [6.07, 6.45) is 7.26. The van der Waals surface area contributed by atoms with E-state index in [0.29, 0.717) is 12.0 Å². The minimum absolute atomic E-state index is 0.0481. The van der Waals surface area contributed by atoms with Gasteiger partial charge in [0.15, 0.2) is 0 Å². The van der Waals surface area contributed by atoms with Crippen LogP contribution in [0.2, 0.25) is 0 Å². The van der Waals surface area contributed by atoms with Gasteiger partial charge in [0.1, 0.15) is 17.3 Å². The highest BCUT2D eigenvalue weighted by atomic mass is 15.4. The van der Waals surface area contributed by atoms with E-state index in [1.807, 2.05) is 0 Å². The zero-order chi connectivity index (χ0) is 19.0. The maximum Gasteiger partial charge on any atom is 0.137 e. The number of piperidine rings is 1. The molecule has 5 heteroatoms. The fraction of sp³-hybridized carbons (Fsp3) is 0.636. The summed E-state index contributed by atoms with van der Waals surface area (Å²) in [6, 6.07) is 11.3. The van der Waals surface area contributed by atoms with E-state index >= 15 is 0 Å². The minimum atomic E-state index is 0.0481. The molecule has 2 aliphatic heterocycles. The normalized spacial score (nSPS) is 26.6. The molecule has 1 aromatic carbocycles. The fourth-order valence-corrected chi connectivity index (χ4v) is 5.38. The molecule has 5 nitrogen and oxygen atoms in total. The third-order valence-corrected chi connectivity index (χ3v) is 6.66. The van der Waals surface area contributed by atoms with Crippen molar-refractivity contribution < 1.29 is 0 Å². The monoisotopic (exact) mass is 367 g/mol. The average molecular weight is 368 g/mol. The molecule has 146 valence electrons. The van der Waals surface area contributed by atoms with Gasteiger partial charge in [0.2, 0.25) is 0 Å². The van der Waals surface area contributed by atoms with Gasteiger partial charge in [-0.3, -0.25) is 9.47 Å². The van der Waals surface area contributed by atoms with Crippen LogP contribution in [0.25, 0.3) is 0 Å². The fourth-order valence-electron chi connectivity index (χ4n) is 5.38. The van der Waals surface area contributed by atoms with Crippen LogP contribution >= 0.6 is 0 Å². The minimum Gasteiger partial charge on any atom is -0.324 e. The van der Waals surface area contributed by atoms with E-state index in [9.17, 15) is 0 Å². The summed E-state index contributed by atoms with van der Waals surface area (Å²) < 4.78 is 2.48. The second-order valence-electron chi connectivity index (χ2n) is 8.66. The Labute approximate surface area is 163 Å². The Kier molecular flexibility index (Phi) is 5.08. The van der Waals surface area contributed by atoms with E-state index in [2.05, 4.69) is 70.8 Å². The summed E-state index contributed by atoms with van der Waals surface area (Å²) in [4.78, 5) is 2.75. The number of benzene rings is 1. The van der Waals surface area contributed by atoms with Crippen molar-refractivity contribution in [2.75, 3.05) is 6.54 Å². The Morgan fingerprint density at radius 1 is 1.15 bits per heavy atom. The van der Waals surface area contributed by atoms with Crippen LogP contribution in [-0.2, 0) is 5.66 Å². The Morgan fingerprint density at radius 2 is 1.93 bits per heavy atom. The van der Waals surface area contributed by atoms with Crippen molar-refractivity contribution in [2.24, 2.45) is 5.73 Å². The van der Waals surface area contributed by atoms with Gasteiger partial charge in [-0.15, -0.1) is 10.2 Å². The molecule has 2 aromatic rings. The number of aryl methyl sites for hydroxylation is 1. The van der Waals surface area contributed by atoms with Crippen LogP contribution in [-0.4, -0.2) is 32.3 Å². The summed E-state index contributed by atoms with van der Waals surface area (Å²) in [6.45, 7) is 7.60. The van der Waals surface area contributed by atoms with Gasteiger partial charge in [0, 0.05) is 24.5 Å². The SMILES string of the molecule is Cc1nnc(C(C)C)n1C12CCCC(CC1)N2CC[C@H](N)c1ccccc1. The molecule has 0 radical (unpaired) electrons. The van der Waals surface area contributed by atoms with Crippen molar-refractivity contribution in [2.45, 2.75) is 83.0 Å². The van der Waals surface area contributed by atoms with Crippen LogP contribution in [0.1, 0.15) is 81.5 Å². The molecule has 3 atom stereocenters. The third kappa shape index (κ3) is 3.21. The smallest absolute Gasteiger partial charge is 0.137 e. The lowest BCUT2D eigenvalue weighted by molar-refractivity contribution is -0.0132. The van der Waals surface area contributed by atoms with Gasteiger partial charge >= 0.3 is 0 Å². The van der Waals surface area contributed by atoms with Crippen LogP contribution in [0.5, 0.6) is 0 Å². The summed E-state index contributed by atoms with van der Waals surface area (Å²) in [7, 11) is 0. The predicted octanol–water partition coefficient (Wildman–Crippen LogP) is 4.10. The van der Waals surface area contributed by atoms with Gasteiger partial charge in [-0.2, -0.15) is 0 Å². The van der Waals surface area contributed by atoms with Crippen molar-refractivity contribution in [3.8, 4) is 0 Å². The van der Waals surface area contributed by atoms with Gasteiger partial charge in [-0.05, 0) is 51.0 Å². The number of hydrogen-bond donors (Lipinski definition) is 1. The predicted molar refractivity (Wildman–Crippen MR) is 108 cm³/mol. The van der Waals surface area contributed by atoms with E-state index in [0.717, 1.165) is 24.6 Å². The molecule has 2 aliphatic rings. The number of aromatic nitrogens is 3. The van der Waals surface area contributed by atoms with Crippen LogP contribution in [0, 0.1) is 6.92 Å². The van der Waals surface area contributed by atoms with Gasteiger partial charge in [0.25, 0.3) is 0 Å². The molecule has 4 rings (SSSR count). The van der Waals surface area contributed by atoms with E-state index < -0.39 is 0 Å². The van der Waals surface area contributed by atoms with E-state index in [-0.39, 0.29) is 11.7 Å². The largest absolute Gasteiger partial charge is 0.324 e. The molecule has 0 amide bonds. The number of nitrogens with zero attached hydrogens (tertiary/aromatic N) is 4. The van der Waals surface area contributed by atoms with Crippen molar-refractivity contribution >= 4 is 0 Å². The van der Waals surface area contributed by atoms with Crippen molar-refractivity contribution in [1.29, 1.82) is 0 Å². The zero-order valence-electron chi connectivity index (χ0n) is 16.9. The van der Waals surface area contributed by atoms with Gasteiger partial charge in [-0.25, -0.2) is 0 Å². The molecule has 0 aliphatic carbocycles. The molecule has 3 heterocycles. The highest BCUT2D eigenvalue weighted by Gasteiger charge is 2.51. The topological polar surface area (TPSA) is 60.0 Å². The standard InChI is InChI=1S/C22H33N5/c1-16(2)21-25-24-17(3)27(21)22-13-7-10-19(11-14-22)26(22)15-12-20(23)18-8-5-4-6-9-18/h4-6,8-9,16,19-20H,7,10-15,23H2,1-3H3/t19?,20-,22?/m0/s1. The second-order valence-corrected chi connectivity index (χ2v) is 8.66. The maximum absolute atomic E-state index is 6.54. The molecule has 0 saturated carbocycles. The number of hydrogen-bond acceptors (Lipinski definition) is 4. The van der Waals surface area contributed by atoms with Gasteiger partial charge < -0.3 is 5.73 Å². The van der Waals surface area contributed by atoms with Crippen molar-refractivity contribution in [3.63, 3.8) is 0 Å². The highest BCUT2D eigenvalue weighted by Crippen LogP contribution is 2.49. The zero-order valence-corrected chi connectivity index (χ0v) is 16.9. The molecule has 2 unspecified atom stereocenters. The molecule has 0 spiro atoms. The average Bonchev–Trinajstić information content (AvgIpc) is 3.15. The number of fused-ring (bicyclic) bond motifs is 2. The van der Waals surface area contributed by atoms with E-state index in [4.69, 9.17) is 5.73 Å². The first-order valence-electron chi connectivity index (χ1n) is 10.5. The molecule has 1 aromatic heterocycles. The van der Waals surface area contributed by atoms with Crippen molar-refractivity contribution in [3.05, 3.63) is 47.5 Å². The van der Waals surface area contributed by atoms with Crippen LogP contribution in [0.4, 0.5) is 0 Å². The number of rotatable bonds is 6. The molecule has 2 bridgehead atoms.